The Morgan fingerprint density at radius 3 is 0.903 bits per heavy atom. The van der Waals surface area contributed by atoms with Crippen LogP contribution in [0.15, 0.2) is 279 Å². The number of nitrogens with zero attached hydrogens (tertiary/aromatic N) is 2. The normalized spacial score (nSPS) is 14.8. The molecule has 0 atom stereocenters. The van der Waals surface area contributed by atoms with E-state index in [1.807, 2.05) is 0 Å². The number of anilines is 6. The standard InChI is InChI=1S/C68H46B2N2/c1-7-25-47(26-8-1)67(48-27-9-2-10-28-48)53-37-19-21-43-61(53)71-63-46-64-60(45-59(63)69(51-33-15-5-16-34-51)57-41-23-39-55(67)65(57)71)70(52-35-17-6-18-36-52)58-42-24-40-56-66(58)72(64)62-44-22-20-38-54(62)68(56,49-29-11-3-12-30-49)50-31-13-4-14-32-50/h1-46H. The molecule has 15 rings (SSSR count). The van der Waals surface area contributed by atoms with Crippen molar-refractivity contribution in [2.45, 2.75) is 10.8 Å². The van der Waals surface area contributed by atoms with Crippen molar-refractivity contribution in [3.8, 4) is 0 Å². The van der Waals surface area contributed by atoms with Gasteiger partial charge in [-0.15, -0.1) is 0 Å². The highest BCUT2D eigenvalue weighted by Crippen LogP contribution is 2.60. The molecule has 4 aliphatic rings. The summed E-state index contributed by atoms with van der Waals surface area (Å²) in [6.45, 7) is -0.0948. The number of rotatable bonds is 6. The Bertz CT molecular complexity index is 3550. The van der Waals surface area contributed by atoms with Crippen molar-refractivity contribution < 1.29 is 0 Å². The summed E-state index contributed by atoms with van der Waals surface area (Å²) in [4.78, 5) is 5.29. The van der Waals surface area contributed by atoms with Crippen LogP contribution in [-0.4, -0.2) is 13.4 Å². The molecule has 0 saturated carbocycles. The van der Waals surface area contributed by atoms with E-state index < -0.39 is 10.8 Å². The van der Waals surface area contributed by atoms with E-state index in [-0.39, 0.29) is 13.4 Å². The maximum atomic E-state index is 2.65. The van der Waals surface area contributed by atoms with Crippen molar-refractivity contribution in [3.63, 3.8) is 0 Å². The second-order valence-corrected chi connectivity index (χ2v) is 19.8. The summed E-state index contributed by atoms with van der Waals surface area (Å²) in [6, 6.07) is 105. The molecule has 11 aromatic carbocycles. The summed E-state index contributed by atoms with van der Waals surface area (Å²) in [6.07, 6.45) is 0. The van der Waals surface area contributed by atoms with Gasteiger partial charge in [0.2, 0.25) is 13.4 Å². The molecule has 4 heterocycles. The summed E-state index contributed by atoms with van der Waals surface area (Å²) in [5, 5.41) is 0. The van der Waals surface area contributed by atoms with E-state index in [9.17, 15) is 0 Å². The van der Waals surface area contributed by atoms with Gasteiger partial charge in [0.25, 0.3) is 0 Å². The molecule has 0 bridgehead atoms. The van der Waals surface area contributed by atoms with Crippen molar-refractivity contribution in [1.82, 2.24) is 0 Å². The lowest BCUT2D eigenvalue weighted by atomic mass is 9.31. The fourth-order valence-corrected chi connectivity index (χ4v) is 13.8. The molecule has 0 N–H and O–H groups in total. The predicted molar refractivity (Wildman–Crippen MR) is 302 cm³/mol. The first-order valence-electron chi connectivity index (χ1n) is 25.3. The lowest BCUT2D eigenvalue weighted by molar-refractivity contribution is 0.731. The van der Waals surface area contributed by atoms with E-state index in [0.29, 0.717) is 0 Å². The largest absolute Gasteiger partial charge is 0.311 e. The SMILES string of the molecule is c1ccc(B2c3cc4c(cc3N3c5ccccc5C(c5ccccc5)(c5ccccc5)c5cccc2c53)N2c3ccccc3C(c3ccccc3)(c3ccccc3)c3cccc(c32)B4c2ccccc2)cc1. The highest BCUT2D eigenvalue weighted by Gasteiger charge is 2.53. The number of hydrogen-bond acceptors (Lipinski definition) is 2. The lowest BCUT2D eigenvalue weighted by Crippen LogP contribution is -2.63. The average Bonchev–Trinajstić information content (AvgIpc) is 3.47. The van der Waals surface area contributed by atoms with Gasteiger partial charge in [-0.3, -0.25) is 0 Å². The van der Waals surface area contributed by atoms with Crippen molar-refractivity contribution in [2.75, 3.05) is 9.80 Å². The van der Waals surface area contributed by atoms with Crippen LogP contribution in [-0.2, 0) is 10.8 Å². The predicted octanol–water partition coefficient (Wildman–Crippen LogP) is 11.7. The van der Waals surface area contributed by atoms with E-state index in [2.05, 4.69) is 289 Å². The summed E-state index contributed by atoms with van der Waals surface area (Å²) < 4.78 is 0. The smallest absolute Gasteiger partial charge is 0.246 e. The van der Waals surface area contributed by atoms with E-state index in [4.69, 9.17) is 0 Å². The quantitative estimate of drug-likeness (QED) is 0.153. The van der Waals surface area contributed by atoms with Gasteiger partial charge in [0.15, 0.2) is 0 Å². The van der Waals surface area contributed by atoms with Crippen LogP contribution in [0, 0.1) is 0 Å². The van der Waals surface area contributed by atoms with Gasteiger partial charge in [0.05, 0.1) is 22.2 Å². The molecule has 0 saturated heterocycles. The molecule has 2 nitrogen and oxygen atoms in total. The maximum Gasteiger partial charge on any atom is 0.246 e. The van der Waals surface area contributed by atoms with Gasteiger partial charge < -0.3 is 9.80 Å². The number of para-hydroxylation sites is 4. The van der Waals surface area contributed by atoms with E-state index >= 15 is 0 Å². The third-order valence-corrected chi connectivity index (χ3v) is 16.5. The minimum absolute atomic E-state index is 0.0474. The zero-order valence-electron chi connectivity index (χ0n) is 39.6. The van der Waals surface area contributed by atoms with Gasteiger partial charge in [0, 0.05) is 22.7 Å². The summed E-state index contributed by atoms with van der Waals surface area (Å²) in [5.74, 6) is 0. The molecule has 72 heavy (non-hydrogen) atoms. The molecule has 0 spiro atoms. The fraction of sp³-hybridized carbons (Fsp3) is 0.0294. The third-order valence-electron chi connectivity index (χ3n) is 16.5. The fourth-order valence-electron chi connectivity index (χ4n) is 13.8. The summed E-state index contributed by atoms with van der Waals surface area (Å²) in [5.41, 5.74) is 24.0. The molecule has 334 valence electrons. The first-order valence-corrected chi connectivity index (χ1v) is 25.3. The van der Waals surface area contributed by atoms with Crippen LogP contribution in [0.1, 0.15) is 44.5 Å². The molecule has 0 aromatic heterocycles. The Morgan fingerprint density at radius 2 is 0.542 bits per heavy atom. The van der Waals surface area contributed by atoms with Crippen LogP contribution in [0.4, 0.5) is 34.1 Å². The average molecular weight is 913 g/mol. The van der Waals surface area contributed by atoms with Crippen LogP contribution >= 0.6 is 0 Å². The first kappa shape index (κ1) is 41.0. The Morgan fingerprint density at radius 1 is 0.236 bits per heavy atom. The molecule has 11 aromatic rings. The summed E-state index contributed by atoms with van der Waals surface area (Å²) >= 11 is 0. The second kappa shape index (κ2) is 15.8. The van der Waals surface area contributed by atoms with Crippen molar-refractivity contribution >= 4 is 80.3 Å². The summed E-state index contributed by atoms with van der Waals surface area (Å²) in [7, 11) is 0. The maximum absolute atomic E-state index is 2.65. The number of benzene rings is 11. The minimum atomic E-state index is -0.593. The second-order valence-electron chi connectivity index (χ2n) is 19.8. The number of hydrogen-bond donors (Lipinski definition) is 0. The van der Waals surface area contributed by atoms with E-state index in [1.54, 1.807) is 0 Å². The van der Waals surface area contributed by atoms with E-state index in [1.165, 1.54) is 111 Å². The molecule has 4 heteroatoms. The first-order chi connectivity index (χ1) is 35.8. The van der Waals surface area contributed by atoms with Crippen molar-refractivity contribution in [2.24, 2.45) is 0 Å². The molecule has 0 radical (unpaired) electrons. The van der Waals surface area contributed by atoms with Crippen LogP contribution in [0.2, 0.25) is 0 Å². The van der Waals surface area contributed by atoms with Crippen LogP contribution in [0.5, 0.6) is 0 Å². The number of fused-ring (bicyclic) bond motifs is 8. The van der Waals surface area contributed by atoms with Gasteiger partial charge in [0.1, 0.15) is 0 Å². The Labute approximate surface area is 422 Å². The van der Waals surface area contributed by atoms with Gasteiger partial charge in [-0.1, -0.05) is 272 Å². The van der Waals surface area contributed by atoms with E-state index in [0.717, 1.165) is 0 Å². The van der Waals surface area contributed by atoms with Gasteiger partial charge in [-0.05, 0) is 84.6 Å². The Balaban J connectivity index is 1.08. The Kier molecular flexibility index (Phi) is 9.01. The molecular weight excluding hydrogens is 866 g/mol. The topological polar surface area (TPSA) is 6.48 Å². The van der Waals surface area contributed by atoms with Crippen LogP contribution < -0.4 is 42.6 Å². The molecule has 0 unspecified atom stereocenters. The molecule has 4 aliphatic heterocycles. The highest BCUT2D eigenvalue weighted by atomic mass is 15.2. The van der Waals surface area contributed by atoms with Crippen molar-refractivity contribution in [3.05, 3.63) is 324 Å². The molecule has 0 aliphatic carbocycles. The van der Waals surface area contributed by atoms with Gasteiger partial charge in [-0.2, -0.15) is 0 Å². The molecule has 0 amide bonds. The van der Waals surface area contributed by atoms with Crippen LogP contribution in [0.25, 0.3) is 0 Å². The Hall–Kier alpha value is -8.85. The molecule has 0 fully saturated rings. The minimum Gasteiger partial charge on any atom is -0.311 e. The van der Waals surface area contributed by atoms with Gasteiger partial charge >= 0.3 is 0 Å². The van der Waals surface area contributed by atoms with Gasteiger partial charge in [-0.25, -0.2) is 0 Å². The highest BCUT2D eigenvalue weighted by molar-refractivity contribution is 7.01. The van der Waals surface area contributed by atoms with Crippen LogP contribution in [0.3, 0.4) is 0 Å². The lowest BCUT2D eigenvalue weighted by Gasteiger charge is -2.52. The molecular formula is C68H46B2N2. The zero-order chi connectivity index (χ0) is 47.4. The third kappa shape index (κ3) is 5.47. The monoisotopic (exact) mass is 912 g/mol. The van der Waals surface area contributed by atoms with Crippen molar-refractivity contribution in [1.29, 1.82) is 0 Å². The zero-order valence-corrected chi connectivity index (χ0v) is 39.6.